The monoisotopic (exact) mass is 594 g/mol. The Morgan fingerprint density at radius 1 is 0.860 bits per heavy atom. The SMILES string of the molecule is O=C(c1ccccc1)c1ccccc1N[C@@H](Cc1ccc(OCCN(Cc2cccs2)c2ccccc2F)cc1)C(=O)O. The van der Waals surface area contributed by atoms with Crippen molar-refractivity contribution < 1.29 is 23.8 Å². The molecule has 43 heavy (non-hydrogen) atoms. The molecule has 0 bridgehead atoms. The number of nitrogens with zero attached hydrogens (tertiary/aromatic N) is 1. The van der Waals surface area contributed by atoms with Crippen LogP contribution >= 0.6 is 11.3 Å². The summed E-state index contributed by atoms with van der Waals surface area (Å²) in [7, 11) is 0. The second-order valence-corrected chi connectivity index (χ2v) is 11.0. The van der Waals surface area contributed by atoms with Crippen LogP contribution in [0.5, 0.6) is 5.75 Å². The highest BCUT2D eigenvalue weighted by molar-refractivity contribution is 7.09. The van der Waals surface area contributed by atoms with Crippen LogP contribution in [-0.2, 0) is 17.8 Å². The lowest BCUT2D eigenvalue weighted by Crippen LogP contribution is -2.32. The van der Waals surface area contributed by atoms with Crippen molar-refractivity contribution >= 4 is 34.5 Å². The lowest BCUT2D eigenvalue weighted by Gasteiger charge is -2.25. The summed E-state index contributed by atoms with van der Waals surface area (Å²) in [6.07, 6.45) is 0.200. The summed E-state index contributed by atoms with van der Waals surface area (Å²) in [5.74, 6) is -0.858. The first kappa shape index (κ1) is 29.5. The normalized spacial score (nSPS) is 11.5. The van der Waals surface area contributed by atoms with Crippen molar-refractivity contribution in [1.82, 2.24) is 0 Å². The number of halogens is 1. The molecule has 0 spiro atoms. The molecule has 0 amide bonds. The molecule has 0 saturated heterocycles. The van der Waals surface area contributed by atoms with E-state index in [1.165, 1.54) is 6.07 Å². The van der Waals surface area contributed by atoms with Gasteiger partial charge in [0.25, 0.3) is 0 Å². The number of rotatable bonds is 14. The Morgan fingerprint density at radius 3 is 2.30 bits per heavy atom. The maximum Gasteiger partial charge on any atom is 0.326 e. The van der Waals surface area contributed by atoms with Crippen molar-refractivity contribution in [3.63, 3.8) is 0 Å². The molecule has 1 heterocycles. The molecule has 5 rings (SSSR count). The topological polar surface area (TPSA) is 78.9 Å². The number of aliphatic carboxylic acids is 1. The highest BCUT2D eigenvalue weighted by Gasteiger charge is 2.21. The van der Waals surface area contributed by atoms with E-state index in [0.717, 1.165) is 10.4 Å². The highest BCUT2D eigenvalue weighted by Crippen LogP contribution is 2.24. The van der Waals surface area contributed by atoms with E-state index in [1.807, 2.05) is 46.7 Å². The van der Waals surface area contributed by atoms with Crippen molar-refractivity contribution in [3.05, 3.63) is 148 Å². The van der Waals surface area contributed by atoms with Gasteiger partial charge in [-0.25, -0.2) is 9.18 Å². The molecule has 0 saturated carbocycles. The molecule has 0 aliphatic carbocycles. The molecule has 218 valence electrons. The van der Waals surface area contributed by atoms with Crippen molar-refractivity contribution in [1.29, 1.82) is 0 Å². The van der Waals surface area contributed by atoms with E-state index in [0.29, 0.717) is 47.9 Å². The molecule has 5 aromatic rings. The first-order valence-corrected chi connectivity index (χ1v) is 14.8. The summed E-state index contributed by atoms with van der Waals surface area (Å²) in [5, 5.41) is 15.0. The molecular weight excluding hydrogens is 563 g/mol. The van der Waals surface area contributed by atoms with Gasteiger partial charge in [0.05, 0.1) is 18.8 Å². The Balaban J connectivity index is 1.21. The lowest BCUT2D eigenvalue weighted by atomic mass is 10.00. The Labute approximate surface area is 254 Å². The molecule has 2 N–H and O–H groups in total. The predicted molar refractivity (Wildman–Crippen MR) is 169 cm³/mol. The Kier molecular flexibility index (Phi) is 9.82. The number of para-hydroxylation sites is 2. The quantitative estimate of drug-likeness (QED) is 0.131. The average molecular weight is 595 g/mol. The molecule has 0 radical (unpaired) electrons. The van der Waals surface area contributed by atoms with Crippen LogP contribution in [0.3, 0.4) is 0 Å². The summed E-state index contributed by atoms with van der Waals surface area (Å²) < 4.78 is 20.5. The second-order valence-electron chi connectivity index (χ2n) is 9.92. The van der Waals surface area contributed by atoms with Gasteiger partial charge < -0.3 is 20.1 Å². The number of carboxylic acid groups (broad SMARTS) is 1. The molecule has 0 aliphatic heterocycles. The van der Waals surface area contributed by atoms with Crippen molar-refractivity contribution in [2.75, 3.05) is 23.4 Å². The maximum atomic E-state index is 14.6. The van der Waals surface area contributed by atoms with Crippen LogP contribution in [0.25, 0.3) is 0 Å². The average Bonchev–Trinajstić information content (AvgIpc) is 3.55. The lowest BCUT2D eigenvalue weighted by molar-refractivity contribution is -0.137. The van der Waals surface area contributed by atoms with Gasteiger partial charge in [0.2, 0.25) is 0 Å². The van der Waals surface area contributed by atoms with Crippen LogP contribution in [0, 0.1) is 5.82 Å². The van der Waals surface area contributed by atoms with Gasteiger partial charge in [0, 0.05) is 28.1 Å². The largest absolute Gasteiger partial charge is 0.492 e. The van der Waals surface area contributed by atoms with Crippen LogP contribution in [0.2, 0.25) is 0 Å². The molecular formula is C35H31FN2O4S. The molecule has 1 atom stereocenters. The summed E-state index contributed by atoms with van der Waals surface area (Å²) in [4.78, 5) is 28.4. The molecule has 1 aromatic heterocycles. The van der Waals surface area contributed by atoms with Crippen molar-refractivity contribution in [3.8, 4) is 5.75 Å². The number of carbonyl (C=O) groups is 2. The number of carbonyl (C=O) groups excluding carboxylic acids is 1. The van der Waals surface area contributed by atoms with Gasteiger partial charge >= 0.3 is 5.97 Å². The minimum atomic E-state index is -1.03. The minimum Gasteiger partial charge on any atom is -0.492 e. The van der Waals surface area contributed by atoms with E-state index in [4.69, 9.17) is 4.74 Å². The summed E-state index contributed by atoms with van der Waals surface area (Å²) in [6, 6.07) is 32.8. The van der Waals surface area contributed by atoms with E-state index < -0.39 is 12.0 Å². The molecule has 0 aliphatic rings. The zero-order valence-corrected chi connectivity index (χ0v) is 24.2. The van der Waals surface area contributed by atoms with Gasteiger partial charge in [0.15, 0.2) is 5.78 Å². The number of thiophene rings is 1. The number of anilines is 2. The maximum absolute atomic E-state index is 14.6. The Hall–Kier alpha value is -4.95. The first-order valence-electron chi connectivity index (χ1n) is 13.9. The fourth-order valence-electron chi connectivity index (χ4n) is 4.75. The van der Waals surface area contributed by atoms with Gasteiger partial charge in [-0.1, -0.05) is 72.8 Å². The Bertz CT molecular complexity index is 1640. The van der Waals surface area contributed by atoms with Gasteiger partial charge in [-0.05, 0) is 53.4 Å². The van der Waals surface area contributed by atoms with Crippen molar-refractivity contribution in [2.24, 2.45) is 0 Å². The smallest absolute Gasteiger partial charge is 0.326 e. The third kappa shape index (κ3) is 7.87. The van der Waals surface area contributed by atoms with Crippen LogP contribution in [-0.4, -0.2) is 36.1 Å². The number of nitrogens with one attached hydrogen (secondary N) is 1. The van der Waals surface area contributed by atoms with E-state index in [2.05, 4.69) is 5.32 Å². The standard InChI is InChI=1S/C35H31FN2O4S/c36-30-13-5-7-15-33(30)38(24-28-11-8-22-43-28)20-21-42-27-18-16-25(17-19-27)23-32(35(40)41)37-31-14-6-4-12-29(31)34(39)26-9-2-1-3-10-26/h1-19,22,32,37H,20-21,23-24H2,(H,40,41)/t32-/m0/s1. The second kappa shape index (κ2) is 14.3. The van der Waals surface area contributed by atoms with E-state index in [-0.39, 0.29) is 18.0 Å². The number of ether oxygens (including phenoxy) is 1. The van der Waals surface area contributed by atoms with E-state index >= 15 is 0 Å². The summed E-state index contributed by atoms with van der Waals surface area (Å²) in [6.45, 7) is 1.39. The van der Waals surface area contributed by atoms with E-state index in [9.17, 15) is 19.1 Å². The molecule has 8 heteroatoms. The van der Waals surface area contributed by atoms with Gasteiger partial charge in [0.1, 0.15) is 24.2 Å². The highest BCUT2D eigenvalue weighted by atomic mass is 32.1. The fraction of sp³-hybridized carbons (Fsp3) is 0.143. The number of ketones is 1. The Morgan fingerprint density at radius 2 is 1.58 bits per heavy atom. The number of hydrogen-bond donors (Lipinski definition) is 2. The predicted octanol–water partition coefficient (Wildman–Crippen LogP) is 7.31. The van der Waals surface area contributed by atoms with E-state index in [1.54, 1.807) is 84.1 Å². The molecule has 0 fully saturated rings. The molecule has 4 aromatic carbocycles. The first-order chi connectivity index (χ1) is 21.0. The number of benzene rings is 4. The number of carboxylic acids is 1. The van der Waals surface area contributed by atoms with Crippen molar-refractivity contribution in [2.45, 2.75) is 19.0 Å². The van der Waals surface area contributed by atoms with Gasteiger partial charge in [-0.2, -0.15) is 0 Å². The molecule has 0 unspecified atom stereocenters. The van der Waals surface area contributed by atoms with Crippen LogP contribution < -0.4 is 15.0 Å². The third-order valence-corrected chi connectivity index (χ3v) is 7.81. The summed E-state index contributed by atoms with van der Waals surface area (Å²) in [5.41, 5.74) is 2.72. The fourth-order valence-corrected chi connectivity index (χ4v) is 5.47. The van der Waals surface area contributed by atoms with Crippen LogP contribution in [0.1, 0.15) is 26.4 Å². The zero-order valence-electron chi connectivity index (χ0n) is 23.4. The van der Waals surface area contributed by atoms with Gasteiger partial charge in [-0.3, -0.25) is 4.79 Å². The zero-order chi connectivity index (χ0) is 30.0. The summed E-state index contributed by atoms with van der Waals surface area (Å²) >= 11 is 1.62. The third-order valence-electron chi connectivity index (χ3n) is 6.95. The van der Waals surface area contributed by atoms with Gasteiger partial charge in [-0.15, -0.1) is 11.3 Å². The van der Waals surface area contributed by atoms with Crippen LogP contribution in [0.4, 0.5) is 15.8 Å². The minimum absolute atomic E-state index is 0.182. The van der Waals surface area contributed by atoms with Crippen LogP contribution in [0.15, 0.2) is 121 Å². The number of hydrogen-bond acceptors (Lipinski definition) is 6. The molecule has 6 nitrogen and oxygen atoms in total.